The smallest absolute Gasteiger partial charge is 0.407 e. The number of amides is 2. The first-order valence-corrected chi connectivity index (χ1v) is 7.76. The molecule has 0 unspecified atom stereocenters. The van der Waals surface area contributed by atoms with Crippen LogP contribution in [0.3, 0.4) is 0 Å². The van der Waals surface area contributed by atoms with Gasteiger partial charge in [-0.1, -0.05) is 20.3 Å². The Morgan fingerprint density at radius 1 is 1.27 bits per heavy atom. The molecule has 0 aromatic heterocycles. The van der Waals surface area contributed by atoms with Gasteiger partial charge in [0.1, 0.15) is 12.1 Å². The topological polar surface area (TPSA) is 95.9 Å². The second kappa shape index (κ2) is 6.54. The van der Waals surface area contributed by atoms with Crippen molar-refractivity contribution in [2.24, 2.45) is 11.8 Å². The summed E-state index contributed by atoms with van der Waals surface area (Å²) in [4.78, 5) is 37.4. The normalized spacial score (nSPS) is 28.4. The Bertz CT molecular complexity index is 465. The minimum absolute atomic E-state index is 0.0192. The molecule has 7 nitrogen and oxygen atoms in total. The van der Waals surface area contributed by atoms with E-state index in [1.807, 2.05) is 13.8 Å². The lowest BCUT2D eigenvalue weighted by atomic mass is 10.0. The van der Waals surface area contributed by atoms with Gasteiger partial charge in [0.05, 0.1) is 7.11 Å². The highest BCUT2D eigenvalue weighted by atomic mass is 16.5. The van der Waals surface area contributed by atoms with E-state index in [0.717, 1.165) is 19.3 Å². The zero-order chi connectivity index (χ0) is 16.4. The van der Waals surface area contributed by atoms with Crippen LogP contribution in [0, 0.1) is 11.8 Å². The fourth-order valence-corrected chi connectivity index (χ4v) is 3.69. The number of alkyl carbamates (subject to hydrolysis) is 1. The molecule has 2 N–H and O–H groups in total. The van der Waals surface area contributed by atoms with Gasteiger partial charge in [-0.2, -0.15) is 0 Å². The Morgan fingerprint density at radius 3 is 2.50 bits per heavy atom. The molecule has 2 amide bonds. The molecule has 0 aromatic rings. The van der Waals surface area contributed by atoms with E-state index < -0.39 is 24.1 Å². The van der Waals surface area contributed by atoms with Gasteiger partial charge in [-0.15, -0.1) is 0 Å². The highest BCUT2D eigenvalue weighted by Gasteiger charge is 2.50. The van der Waals surface area contributed by atoms with Gasteiger partial charge >= 0.3 is 12.1 Å². The summed E-state index contributed by atoms with van der Waals surface area (Å²) in [5.74, 6) is -1.18. The summed E-state index contributed by atoms with van der Waals surface area (Å²) < 4.78 is 4.57. The van der Waals surface area contributed by atoms with Crippen LogP contribution in [-0.2, 0) is 14.3 Å². The third-order valence-corrected chi connectivity index (χ3v) is 4.77. The lowest BCUT2D eigenvalue weighted by Crippen LogP contribution is -2.56. The number of ether oxygens (including phenoxy) is 1. The molecule has 1 aliphatic heterocycles. The van der Waals surface area contributed by atoms with Gasteiger partial charge < -0.3 is 20.1 Å². The predicted octanol–water partition coefficient (Wildman–Crippen LogP) is 1.22. The molecule has 7 heteroatoms. The number of carbonyl (C=O) groups is 3. The molecule has 2 fully saturated rings. The lowest BCUT2D eigenvalue weighted by Gasteiger charge is -2.33. The number of carbonyl (C=O) groups excluding carboxylic acids is 2. The van der Waals surface area contributed by atoms with E-state index in [9.17, 15) is 19.5 Å². The van der Waals surface area contributed by atoms with E-state index in [0.29, 0.717) is 6.42 Å². The number of nitrogens with one attached hydrogen (secondary N) is 1. The van der Waals surface area contributed by atoms with Crippen molar-refractivity contribution in [3.05, 3.63) is 0 Å². The summed E-state index contributed by atoms with van der Waals surface area (Å²) in [5.41, 5.74) is 0. The second-order valence-electron chi connectivity index (χ2n) is 6.45. The minimum Gasteiger partial charge on any atom is -0.480 e. The van der Waals surface area contributed by atoms with Crippen LogP contribution < -0.4 is 5.32 Å². The summed E-state index contributed by atoms with van der Waals surface area (Å²) in [7, 11) is 1.24. The van der Waals surface area contributed by atoms with Crippen LogP contribution in [-0.4, -0.2) is 53.2 Å². The fraction of sp³-hybridized carbons (Fsp3) is 0.800. The Labute approximate surface area is 130 Å². The van der Waals surface area contributed by atoms with E-state index in [1.54, 1.807) is 0 Å². The maximum Gasteiger partial charge on any atom is 0.407 e. The number of hydrogen-bond acceptors (Lipinski definition) is 4. The Hall–Kier alpha value is -1.79. The number of carboxylic acid groups (broad SMARTS) is 1. The Morgan fingerprint density at radius 2 is 1.95 bits per heavy atom. The largest absolute Gasteiger partial charge is 0.480 e. The van der Waals surface area contributed by atoms with Crippen molar-refractivity contribution < 1.29 is 24.2 Å². The first-order valence-electron chi connectivity index (χ1n) is 7.76. The monoisotopic (exact) mass is 312 g/mol. The second-order valence-corrected chi connectivity index (χ2v) is 6.45. The number of nitrogens with zero attached hydrogens (tertiary/aromatic N) is 1. The Balaban J connectivity index is 2.22. The van der Waals surface area contributed by atoms with Crippen molar-refractivity contribution in [2.45, 2.75) is 57.7 Å². The minimum atomic E-state index is -0.969. The first kappa shape index (κ1) is 16.6. The fourth-order valence-electron chi connectivity index (χ4n) is 3.69. The van der Waals surface area contributed by atoms with Crippen LogP contribution in [0.5, 0.6) is 0 Å². The van der Waals surface area contributed by atoms with Crippen molar-refractivity contribution in [3.8, 4) is 0 Å². The van der Waals surface area contributed by atoms with E-state index in [-0.39, 0.29) is 23.8 Å². The molecule has 22 heavy (non-hydrogen) atoms. The summed E-state index contributed by atoms with van der Waals surface area (Å²) in [5, 5.41) is 12.0. The lowest BCUT2D eigenvalue weighted by molar-refractivity contribution is -0.151. The van der Waals surface area contributed by atoms with Crippen molar-refractivity contribution in [2.75, 3.05) is 7.11 Å². The molecule has 0 radical (unpaired) electrons. The van der Waals surface area contributed by atoms with E-state index in [4.69, 9.17) is 0 Å². The number of rotatable bonds is 4. The molecule has 4 atom stereocenters. The number of methoxy groups -OCH3 is 1. The third-order valence-electron chi connectivity index (χ3n) is 4.77. The molecule has 0 spiro atoms. The summed E-state index contributed by atoms with van der Waals surface area (Å²) in [6.07, 6.45) is 2.65. The van der Waals surface area contributed by atoms with E-state index in [2.05, 4.69) is 10.1 Å². The van der Waals surface area contributed by atoms with E-state index >= 15 is 0 Å². The van der Waals surface area contributed by atoms with Crippen LogP contribution >= 0.6 is 0 Å². The number of hydrogen-bond donors (Lipinski definition) is 2. The highest BCUT2D eigenvalue weighted by Crippen LogP contribution is 2.41. The van der Waals surface area contributed by atoms with Crippen molar-refractivity contribution in [1.29, 1.82) is 0 Å². The summed E-state index contributed by atoms with van der Waals surface area (Å²) in [6.45, 7) is 3.63. The maximum absolute atomic E-state index is 12.9. The number of carboxylic acids is 1. The molecule has 1 aliphatic carbocycles. The zero-order valence-corrected chi connectivity index (χ0v) is 13.2. The molecule has 1 heterocycles. The number of fused-ring (bicyclic) bond motifs is 1. The van der Waals surface area contributed by atoms with Crippen molar-refractivity contribution >= 4 is 18.0 Å². The molecule has 0 bridgehead atoms. The van der Waals surface area contributed by atoms with Crippen LogP contribution in [0.15, 0.2) is 0 Å². The standard InChI is InChI=1S/C15H24N2O5/c1-8(2)12(16-15(21)22-3)13(18)17-10-6-4-5-9(10)7-11(17)14(19)20/h8-12H,4-7H2,1-3H3,(H,16,21)(H,19,20)/t9-,10-,11-,12-/m0/s1. The van der Waals surface area contributed by atoms with Gasteiger partial charge in [-0.25, -0.2) is 9.59 Å². The summed E-state index contributed by atoms with van der Waals surface area (Å²) in [6, 6.07) is -1.58. The number of likely N-dealkylation sites (tertiary alicyclic amines) is 1. The van der Waals surface area contributed by atoms with Gasteiger partial charge in [0.2, 0.25) is 5.91 Å². The quantitative estimate of drug-likeness (QED) is 0.813. The Kier molecular flexibility index (Phi) is 4.93. The molecule has 1 saturated heterocycles. The highest BCUT2D eigenvalue weighted by molar-refractivity contribution is 5.90. The average molecular weight is 312 g/mol. The van der Waals surface area contributed by atoms with Gasteiger partial charge in [-0.05, 0) is 31.1 Å². The SMILES string of the molecule is COC(=O)N[C@H](C(=O)N1[C@H](C(=O)O)C[C@@H]2CCC[C@@H]21)C(C)C. The van der Waals surface area contributed by atoms with E-state index in [1.165, 1.54) is 12.0 Å². The molecule has 1 saturated carbocycles. The third kappa shape index (κ3) is 3.03. The molecule has 2 rings (SSSR count). The van der Waals surface area contributed by atoms with Crippen LogP contribution in [0.1, 0.15) is 39.5 Å². The van der Waals surface area contributed by atoms with Gasteiger partial charge in [0, 0.05) is 6.04 Å². The van der Waals surface area contributed by atoms with Crippen molar-refractivity contribution in [3.63, 3.8) is 0 Å². The van der Waals surface area contributed by atoms with Crippen LogP contribution in [0.25, 0.3) is 0 Å². The summed E-state index contributed by atoms with van der Waals surface area (Å²) >= 11 is 0. The molecule has 2 aliphatic rings. The van der Waals surface area contributed by atoms with Gasteiger partial charge in [0.25, 0.3) is 0 Å². The van der Waals surface area contributed by atoms with Crippen LogP contribution in [0.4, 0.5) is 4.79 Å². The van der Waals surface area contributed by atoms with Crippen LogP contribution in [0.2, 0.25) is 0 Å². The van der Waals surface area contributed by atoms with Crippen molar-refractivity contribution in [1.82, 2.24) is 10.2 Å². The number of aliphatic carboxylic acids is 1. The molecular weight excluding hydrogens is 288 g/mol. The maximum atomic E-state index is 12.9. The van der Waals surface area contributed by atoms with Gasteiger partial charge in [-0.3, -0.25) is 4.79 Å². The predicted molar refractivity (Wildman–Crippen MR) is 78.2 cm³/mol. The van der Waals surface area contributed by atoms with Gasteiger partial charge in [0.15, 0.2) is 0 Å². The zero-order valence-electron chi connectivity index (χ0n) is 13.2. The average Bonchev–Trinajstić information content (AvgIpc) is 3.03. The molecular formula is C15H24N2O5. The molecule has 124 valence electrons. The first-order chi connectivity index (χ1) is 10.4. The molecule has 0 aromatic carbocycles.